The molecule has 8 heteroatoms. The number of aliphatic hydroxyl groups excluding tert-OH is 1. The summed E-state index contributed by atoms with van der Waals surface area (Å²) in [6.45, 7) is 4.74. The van der Waals surface area contributed by atoms with E-state index >= 15 is 0 Å². The maximum Gasteiger partial charge on any atom is 0.240 e. The number of nitrogens with zero attached hydrogens (tertiary/aromatic N) is 1. The molecular weight excluding hydrogens is 408 g/mol. The lowest BCUT2D eigenvalue weighted by atomic mass is 9.79. The molecule has 1 saturated carbocycles. The maximum absolute atomic E-state index is 13.4. The molecule has 0 spiro atoms. The highest BCUT2D eigenvalue weighted by Crippen LogP contribution is 2.29. The van der Waals surface area contributed by atoms with E-state index in [4.69, 9.17) is 9.84 Å². The second kappa shape index (κ2) is 12.9. The number of carbonyl (C=O) groups is 2. The fourth-order valence-electron chi connectivity index (χ4n) is 4.61. The number of benzene rings is 1. The first-order valence-corrected chi connectivity index (χ1v) is 11.9. The van der Waals surface area contributed by atoms with Crippen LogP contribution >= 0.6 is 0 Å². The number of morpholine rings is 1. The molecule has 32 heavy (non-hydrogen) atoms. The number of hydrogen-bond donors (Lipinski definition) is 4. The molecule has 1 aromatic carbocycles. The third kappa shape index (κ3) is 7.27. The minimum atomic E-state index is -0.751. The molecule has 1 heterocycles. The molecule has 4 N–H and O–H groups in total. The van der Waals surface area contributed by atoms with Gasteiger partial charge in [-0.05, 0) is 24.8 Å². The number of rotatable bonds is 11. The lowest BCUT2D eigenvalue weighted by molar-refractivity contribution is -0.131. The van der Waals surface area contributed by atoms with Crippen molar-refractivity contribution in [2.24, 2.45) is 0 Å². The number of nitrogens with one attached hydrogen (secondary N) is 3. The predicted molar refractivity (Wildman–Crippen MR) is 123 cm³/mol. The minimum Gasteiger partial charge on any atom is -0.395 e. The van der Waals surface area contributed by atoms with Crippen LogP contribution in [0.5, 0.6) is 0 Å². The van der Waals surface area contributed by atoms with Crippen molar-refractivity contribution < 1.29 is 19.4 Å². The quantitative estimate of drug-likeness (QED) is 0.394. The van der Waals surface area contributed by atoms with Gasteiger partial charge >= 0.3 is 0 Å². The molecule has 1 aromatic rings. The topological polar surface area (TPSA) is 103 Å². The highest BCUT2D eigenvalue weighted by molar-refractivity contribution is 5.88. The largest absolute Gasteiger partial charge is 0.395 e. The van der Waals surface area contributed by atoms with Crippen molar-refractivity contribution in [2.75, 3.05) is 52.5 Å². The van der Waals surface area contributed by atoms with Crippen LogP contribution in [0.2, 0.25) is 0 Å². The Morgan fingerprint density at radius 2 is 1.75 bits per heavy atom. The van der Waals surface area contributed by atoms with E-state index in [2.05, 4.69) is 20.9 Å². The zero-order chi connectivity index (χ0) is 22.7. The number of amides is 2. The SMILES string of the molecule is O=C(NCCO)[C@H](Cc1ccccc1)NC1(C(=O)NCCN2CCOCC2)CCCCC1. The smallest absolute Gasteiger partial charge is 0.240 e. The average molecular weight is 447 g/mol. The van der Waals surface area contributed by atoms with Gasteiger partial charge in [0.1, 0.15) is 0 Å². The van der Waals surface area contributed by atoms with E-state index in [1.54, 1.807) is 0 Å². The van der Waals surface area contributed by atoms with Crippen molar-refractivity contribution in [2.45, 2.75) is 50.1 Å². The number of hydrogen-bond acceptors (Lipinski definition) is 6. The van der Waals surface area contributed by atoms with Crippen molar-refractivity contribution in [3.05, 3.63) is 35.9 Å². The van der Waals surface area contributed by atoms with Crippen molar-refractivity contribution in [1.29, 1.82) is 0 Å². The molecule has 1 aliphatic carbocycles. The highest BCUT2D eigenvalue weighted by atomic mass is 16.5. The fourth-order valence-corrected chi connectivity index (χ4v) is 4.61. The van der Waals surface area contributed by atoms with E-state index in [0.717, 1.165) is 70.5 Å². The Hall–Kier alpha value is -2.00. The molecule has 8 nitrogen and oxygen atoms in total. The number of carbonyl (C=O) groups excluding carboxylic acids is 2. The summed E-state index contributed by atoms with van der Waals surface area (Å²) in [7, 11) is 0. The molecule has 3 rings (SSSR count). The summed E-state index contributed by atoms with van der Waals surface area (Å²) in [6, 6.07) is 9.28. The lowest BCUT2D eigenvalue weighted by Gasteiger charge is -2.39. The van der Waals surface area contributed by atoms with Gasteiger partial charge in [0.05, 0.1) is 31.4 Å². The van der Waals surface area contributed by atoms with E-state index in [1.165, 1.54) is 0 Å². The number of aliphatic hydroxyl groups is 1. The van der Waals surface area contributed by atoms with Gasteiger partial charge in [0.25, 0.3) is 0 Å². The second-order valence-electron chi connectivity index (χ2n) is 8.75. The molecule has 178 valence electrons. The molecule has 2 aliphatic rings. The Morgan fingerprint density at radius 3 is 2.44 bits per heavy atom. The van der Waals surface area contributed by atoms with E-state index in [0.29, 0.717) is 13.0 Å². The Balaban J connectivity index is 1.67. The van der Waals surface area contributed by atoms with Gasteiger partial charge < -0.3 is 20.5 Å². The summed E-state index contributed by atoms with van der Waals surface area (Å²) >= 11 is 0. The molecule has 0 unspecified atom stereocenters. The Morgan fingerprint density at radius 1 is 1.03 bits per heavy atom. The van der Waals surface area contributed by atoms with Crippen molar-refractivity contribution in [3.63, 3.8) is 0 Å². The summed E-state index contributed by atoms with van der Waals surface area (Å²) in [4.78, 5) is 28.6. The van der Waals surface area contributed by atoms with Crippen molar-refractivity contribution >= 4 is 11.8 Å². The molecule has 0 radical (unpaired) electrons. The molecule has 1 atom stereocenters. The van der Waals surface area contributed by atoms with Crippen LogP contribution in [-0.4, -0.2) is 85.9 Å². The summed E-state index contributed by atoms with van der Waals surface area (Å²) in [6.07, 6.45) is 4.94. The van der Waals surface area contributed by atoms with Crippen molar-refractivity contribution in [3.8, 4) is 0 Å². The van der Waals surface area contributed by atoms with Gasteiger partial charge in [-0.2, -0.15) is 0 Å². The first-order chi connectivity index (χ1) is 15.6. The van der Waals surface area contributed by atoms with Gasteiger partial charge in [0.15, 0.2) is 0 Å². The van der Waals surface area contributed by atoms with Gasteiger partial charge in [-0.3, -0.25) is 19.8 Å². The first kappa shape index (κ1) is 24.6. The van der Waals surface area contributed by atoms with E-state index in [9.17, 15) is 9.59 Å². The van der Waals surface area contributed by atoms with Crippen LogP contribution in [0.4, 0.5) is 0 Å². The van der Waals surface area contributed by atoms with Crippen LogP contribution in [0.3, 0.4) is 0 Å². The van der Waals surface area contributed by atoms with Crippen LogP contribution in [0.25, 0.3) is 0 Å². The summed E-state index contributed by atoms with van der Waals surface area (Å²) in [5.74, 6) is -0.201. The summed E-state index contributed by atoms with van der Waals surface area (Å²) < 4.78 is 5.39. The highest BCUT2D eigenvalue weighted by Gasteiger charge is 2.42. The third-order valence-corrected chi connectivity index (χ3v) is 6.42. The van der Waals surface area contributed by atoms with E-state index < -0.39 is 11.6 Å². The molecule has 2 amide bonds. The lowest BCUT2D eigenvalue weighted by Crippen LogP contribution is -2.64. The minimum absolute atomic E-state index is 0.0153. The van der Waals surface area contributed by atoms with Gasteiger partial charge in [0, 0.05) is 32.7 Å². The van der Waals surface area contributed by atoms with Gasteiger partial charge in [0.2, 0.25) is 11.8 Å². The van der Waals surface area contributed by atoms with Crippen LogP contribution < -0.4 is 16.0 Å². The maximum atomic E-state index is 13.4. The zero-order valence-electron chi connectivity index (χ0n) is 19.0. The molecular formula is C24H38N4O4. The zero-order valence-corrected chi connectivity index (χ0v) is 19.0. The first-order valence-electron chi connectivity index (χ1n) is 11.9. The van der Waals surface area contributed by atoms with Crippen LogP contribution in [-0.2, 0) is 20.7 Å². The monoisotopic (exact) mass is 446 g/mol. The van der Waals surface area contributed by atoms with Gasteiger partial charge in [-0.15, -0.1) is 0 Å². The third-order valence-electron chi connectivity index (χ3n) is 6.42. The molecule has 2 fully saturated rings. The Bertz CT molecular complexity index is 703. The summed E-state index contributed by atoms with van der Waals surface area (Å²) in [5, 5.41) is 18.5. The van der Waals surface area contributed by atoms with Crippen LogP contribution in [0, 0.1) is 0 Å². The van der Waals surface area contributed by atoms with E-state index in [1.807, 2.05) is 30.3 Å². The Labute approximate surface area is 191 Å². The number of ether oxygens (including phenoxy) is 1. The normalized spacial score (nSPS) is 19.8. The molecule has 0 aromatic heterocycles. The second-order valence-corrected chi connectivity index (χ2v) is 8.75. The average Bonchev–Trinajstić information content (AvgIpc) is 2.84. The van der Waals surface area contributed by atoms with Crippen molar-refractivity contribution in [1.82, 2.24) is 20.9 Å². The Kier molecular flexibility index (Phi) is 9.92. The molecule has 0 bridgehead atoms. The standard InChI is InChI=1S/C24H38N4O4/c29-16-12-25-22(30)21(19-20-7-3-1-4-8-20)27-24(9-5-2-6-10-24)23(31)26-11-13-28-14-17-32-18-15-28/h1,3-4,7-8,21,27,29H,2,5-6,9-19H2,(H,25,30)(H,26,31)/t21-/m0/s1. The van der Waals surface area contributed by atoms with Gasteiger partial charge in [-0.25, -0.2) is 0 Å². The fraction of sp³-hybridized carbons (Fsp3) is 0.667. The molecule has 1 aliphatic heterocycles. The van der Waals surface area contributed by atoms with Crippen LogP contribution in [0.1, 0.15) is 37.7 Å². The van der Waals surface area contributed by atoms with Gasteiger partial charge in [-0.1, -0.05) is 49.6 Å². The molecule has 1 saturated heterocycles. The van der Waals surface area contributed by atoms with Crippen LogP contribution in [0.15, 0.2) is 30.3 Å². The van der Waals surface area contributed by atoms with E-state index in [-0.39, 0.29) is 25.0 Å². The predicted octanol–water partition coefficient (Wildman–Crippen LogP) is 0.447. The summed E-state index contributed by atoms with van der Waals surface area (Å²) in [5.41, 5.74) is 0.280.